The summed E-state index contributed by atoms with van der Waals surface area (Å²) in [6.07, 6.45) is 0. The average molecular weight is 353 g/mol. The molecule has 1 amide bonds. The first-order valence-electron chi connectivity index (χ1n) is 6.15. The second-order valence-electron chi connectivity index (χ2n) is 4.65. The molecule has 0 radical (unpaired) electrons. The predicted octanol–water partition coefficient (Wildman–Crippen LogP) is 2.64. The fourth-order valence-corrected chi connectivity index (χ4v) is 1.98. The largest absolute Gasteiger partial charge is 0.478 e. The number of carboxylic acids is 1. The van der Waals surface area contributed by atoms with E-state index >= 15 is 0 Å². The average Bonchev–Trinajstić information content (AvgIpc) is 2.90. The number of nitrogens with one attached hydrogen (secondary N) is 2. The van der Waals surface area contributed by atoms with Gasteiger partial charge in [-0.2, -0.15) is 0 Å². The lowest BCUT2D eigenvalue weighted by atomic mass is 10.2. The maximum atomic E-state index is 12.0. The lowest BCUT2D eigenvalue weighted by molar-refractivity contribution is 0.0698. The Morgan fingerprint density at radius 1 is 1.38 bits per heavy atom. The highest BCUT2D eigenvalue weighted by Crippen LogP contribution is 2.21. The number of halogens is 1. The molecule has 0 spiro atoms. The monoisotopic (exact) mass is 352 g/mol. The lowest BCUT2D eigenvalue weighted by Gasteiger charge is -2.07. The number of carboxylic acid groups (broad SMARTS) is 1. The minimum atomic E-state index is -1.13. The smallest absolute Gasteiger partial charge is 0.337 e. The number of carbonyl (C=O) groups excluding carboxylic acids is 1. The van der Waals surface area contributed by atoms with E-state index in [1.54, 1.807) is 6.07 Å². The molecule has 110 valence electrons. The number of nitrogens with zero attached hydrogens (tertiary/aromatic N) is 2. The molecule has 0 saturated heterocycles. The topological polar surface area (TPSA) is 108 Å². The maximum Gasteiger partial charge on any atom is 0.337 e. The first kappa shape index (κ1) is 15.2. The summed E-state index contributed by atoms with van der Waals surface area (Å²) in [6, 6.07) is 4.55. The number of aromatic nitrogens is 3. The van der Waals surface area contributed by atoms with Crippen molar-refractivity contribution in [2.75, 3.05) is 5.32 Å². The highest BCUT2D eigenvalue weighted by atomic mass is 79.9. The van der Waals surface area contributed by atoms with Gasteiger partial charge >= 0.3 is 5.97 Å². The summed E-state index contributed by atoms with van der Waals surface area (Å²) in [5.74, 6) is -1.03. The number of aromatic carboxylic acids is 1. The van der Waals surface area contributed by atoms with Crippen LogP contribution in [0.25, 0.3) is 0 Å². The second-order valence-corrected chi connectivity index (χ2v) is 5.56. The molecule has 1 aromatic heterocycles. The first-order valence-corrected chi connectivity index (χ1v) is 6.94. The number of rotatable bonds is 4. The Kier molecular flexibility index (Phi) is 4.37. The molecule has 0 bridgehead atoms. The molecule has 0 aliphatic heterocycles. The number of benzene rings is 1. The van der Waals surface area contributed by atoms with Crippen LogP contribution in [0.4, 0.5) is 5.69 Å². The molecule has 3 N–H and O–H groups in total. The van der Waals surface area contributed by atoms with Gasteiger partial charge in [0.25, 0.3) is 5.91 Å². The van der Waals surface area contributed by atoms with Crippen LogP contribution >= 0.6 is 15.9 Å². The molecule has 1 aromatic carbocycles. The number of carbonyl (C=O) groups is 2. The third kappa shape index (κ3) is 3.46. The Morgan fingerprint density at radius 3 is 2.67 bits per heavy atom. The van der Waals surface area contributed by atoms with Gasteiger partial charge in [0.1, 0.15) is 5.82 Å². The third-order valence-corrected chi connectivity index (χ3v) is 3.21. The number of anilines is 1. The summed E-state index contributed by atoms with van der Waals surface area (Å²) < 4.78 is 0.609. The van der Waals surface area contributed by atoms with Crippen molar-refractivity contribution >= 4 is 33.5 Å². The number of H-pyrrole nitrogens is 1. The van der Waals surface area contributed by atoms with Crippen LogP contribution in [0.3, 0.4) is 0 Å². The van der Waals surface area contributed by atoms with E-state index in [0.717, 1.165) is 0 Å². The van der Waals surface area contributed by atoms with Gasteiger partial charge in [-0.3, -0.25) is 9.89 Å². The molecular formula is C13H13BrN4O3. The maximum absolute atomic E-state index is 12.0. The summed E-state index contributed by atoms with van der Waals surface area (Å²) >= 11 is 3.19. The molecule has 2 rings (SSSR count). The van der Waals surface area contributed by atoms with Gasteiger partial charge < -0.3 is 10.4 Å². The molecule has 2 aromatic rings. The molecule has 0 fully saturated rings. The number of hydrogen-bond acceptors (Lipinski definition) is 4. The third-order valence-electron chi connectivity index (χ3n) is 2.71. The standard InChI is InChI=1S/C13H13BrN4O3/c1-6(2)10-16-11(18-17-10)12(19)15-9-4-3-7(14)5-8(9)13(20)21/h3-6H,1-2H3,(H,15,19)(H,20,21)(H,16,17,18). The molecule has 0 unspecified atom stereocenters. The minimum Gasteiger partial charge on any atom is -0.478 e. The Hall–Kier alpha value is -2.22. The van der Waals surface area contributed by atoms with Crippen molar-refractivity contribution in [3.05, 3.63) is 39.9 Å². The fourth-order valence-electron chi connectivity index (χ4n) is 1.61. The Labute approximate surface area is 128 Å². The number of aromatic amines is 1. The zero-order chi connectivity index (χ0) is 15.6. The molecule has 0 aliphatic carbocycles. The van der Waals surface area contributed by atoms with Crippen LogP contribution in [0.1, 0.15) is 46.6 Å². The van der Waals surface area contributed by atoms with Gasteiger partial charge in [-0.1, -0.05) is 29.8 Å². The van der Waals surface area contributed by atoms with Crippen molar-refractivity contribution in [1.29, 1.82) is 0 Å². The summed E-state index contributed by atoms with van der Waals surface area (Å²) in [5, 5.41) is 18.1. The van der Waals surface area contributed by atoms with Crippen LogP contribution < -0.4 is 5.32 Å². The molecule has 0 saturated carbocycles. The van der Waals surface area contributed by atoms with Crippen LogP contribution in [-0.2, 0) is 0 Å². The summed E-state index contributed by atoms with van der Waals surface area (Å²) in [5.41, 5.74) is 0.170. The molecule has 8 heteroatoms. The molecular weight excluding hydrogens is 340 g/mol. The number of amides is 1. The molecule has 21 heavy (non-hydrogen) atoms. The van der Waals surface area contributed by atoms with E-state index in [1.165, 1.54) is 12.1 Å². The molecule has 0 aliphatic rings. The van der Waals surface area contributed by atoms with Gasteiger partial charge in [0.15, 0.2) is 0 Å². The van der Waals surface area contributed by atoms with Gasteiger partial charge in [0.2, 0.25) is 5.82 Å². The Bertz CT molecular complexity index is 696. The van der Waals surface area contributed by atoms with Crippen molar-refractivity contribution in [2.24, 2.45) is 0 Å². The van der Waals surface area contributed by atoms with E-state index in [1.807, 2.05) is 13.8 Å². The quantitative estimate of drug-likeness (QED) is 0.783. The van der Waals surface area contributed by atoms with Crippen molar-refractivity contribution < 1.29 is 14.7 Å². The molecule has 0 atom stereocenters. The van der Waals surface area contributed by atoms with Gasteiger partial charge in [-0.05, 0) is 18.2 Å². The second kappa shape index (κ2) is 6.04. The van der Waals surface area contributed by atoms with Crippen molar-refractivity contribution in [3.63, 3.8) is 0 Å². The van der Waals surface area contributed by atoms with Crippen LogP contribution in [0.2, 0.25) is 0 Å². The van der Waals surface area contributed by atoms with Gasteiger partial charge in [-0.15, -0.1) is 5.10 Å². The fraction of sp³-hybridized carbons (Fsp3) is 0.231. The summed E-state index contributed by atoms with van der Waals surface area (Å²) in [7, 11) is 0. The SMILES string of the molecule is CC(C)c1nc(C(=O)Nc2ccc(Br)cc2C(=O)O)n[nH]1. The Balaban J connectivity index is 2.25. The first-order chi connectivity index (χ1) is 9.88. The zero-order valence-electron chi connectivity index (χ0n) is 11.3. The summed E-state index contributed by atoms with van der Waals surface area (Å²) in [6.45, 7) is 3.83. The highest BCUT2D eigenvalue weighted by molar-refractivity contribution is 9.10. The van der Waals surface area contributed by atoms with Crippen LogP contribution in [0, 0.1) is 0 Å². The molecule has 7 nitrogen and oxygen atoms in total. The Morgan fingerprint density at radius 2 is 2.10 bits per heavy atom. The normalized spacial score (nSPS) is 10.7. The highest BCUT2D eigenvalue weighted by Gasteiger charge is 2.17. The van der Waals surface area contributed by atoms with E-state index in [9.17, 15) is 9.59 Å². The molecule has 1 heterocycles. The van der Waals surface area contributed by atoms with Crippen LogP contribution in [0.15, 0.2) is 22.7 Å². The van der Waals surface area contributed by atoms with Crippen molar-refractivity contribution in [1.82, 2.24) is 15.2 Å². The van der Waals surface area contributed by atoms with E-state index < -0.39 is 11.9 Å². The predicted molar refractivity (Wildman–Crippen MR) is 79.5 cm³/mol. The van der Waals surface area contributed by atoms with E-state index in [2.05, 4.69) is 36.4 Å². The summed E-state index contributed by atoms with van der Waals surface area (Å²) in [4.78, 5) is 27.3. The van der Waals surface area contributed by atoms with E-state index in [-0.39, 0.29) is 23.0 Å². The van der Waals surface area contributed by atoms with Crippen LogP contribution in [0.5, 0.6) is 0 Å². The van der Waals surface area contributed by atoms with Crippen molar-refractivity contribution in [2.45, 2.75) is 19.8 Å². The zero-order valence-corrected chi connectivity index (χ0v) is 12.9. The van der Waals surface area contributed by atoms with Crippen LogP contribution in [-0.4, -0.2) is 32.2 Å². The van der Waals surface area contributed by atoms with Gasteiger partial charge in [0, 0.05) is 10.4 Å². The van der Waals surface area contributed by atoms with E-state index in [4.69, 9.17) is 5.11 Å². The van der Waals surface area contributed by atoms with E-state index in [0.29, 0.717) is 10.3 Å². The number of hydrogen-bond donors (Lipinski definition) is 3. The lowest BCUT2D eigenvalue weighted by Crippen LogP contribution is -2.16. The minimum absolute atomic E-state index is 0.0163. The van der Waals surface area contributed by atoms with Gasteiger partial charge in [-0.25, -0.2) is 9.78 Å². The van der Waals surface area contributed by atoms with Gasteiger partial charge in [0.05, 0.1) is 11.3 Å². The van der Waals surface area contributed by atoms with Crippen molar-refractivity contribution in [3.8, 4) is 0 Å².